The summed E-state index contributed by atoms with van der Waals surface area (Å²) >= 11 is 0. The van der Waals surface area contributed by atoms with Gasteiger partial charge in [0.15, 0.2) is 0 Å². The van der Waals surface area contributed by atoms with E-state index in [9.17, 15) is 0 Å². The van der Waals surface area contributed by atoms with Crippen LogP contribution < -0.4 is 0 Å². The molecule has 0 aliphatic carbocycles. The Hall–Kier alpha value is 0. The fraction of sp³-hybridized carbons (Fsp3) is 1.00. The maximum absolute atomic E-state index is 2.45. The van der Waals surface area contributed by atoms with Crippen molar-refractivity contribution in [3.63, 3.8) is 0 Å². The molecule has 0 spiro atoms. The van der Waals surface area contributed by atoms with Gasteiger partial charge in [0.05, 0.1) is 0 Å². The van der Waals surface area contributed by atoms with Gasteiger partial charge in [-0.25, -0.2) is 0 Å². The minimum absolute atomic E-state index is 0.504. The van der Waals surface area contributed by atoms with Gasteiger partial charge in [0.25, 0.3) is 0 Å². The lowest BCUT2D eigenvalue weighted by Gasteiger charge is -2.25. The zero-order valence-electron chi connectivity index (χ0n) is 14.9. The second-order valence-electron chi connectivity index (χ2n) is 8.40. The van der Waals surface area contributed by atoms with Gasteiger partial charge in [0, 0.05) is 0 Å². The lowest BCUT2D eigenvalue weighted by Crippen LogP contribution is -2.13. The first kappa shape index (κ1) is 19.0. The van der Waals surface area contributed by atoms with Crippen LogP contribution in [0.25, 0.3) is 0 Å². The molecule has 0 saturated heterocycles. The van der Waals surface area contributed by atoms with Gasteiger partial charge in [-0.3, -0.25) is 0 Å². The van der Waals surface area contributed by atoms with Crippen molar-refractivity contribution in [2.24, 2.45) is 23.2 Å². The highest BCUT2D eigenvalue weighted by molar-refractivity contribution is 4.69. The molecule has 19 heavy (non-hydrogen) atoms. The number of rotatable bonds is 10. The van der Waals surface area contributed by atoms with Crippen molar-refractivity contribution in [2.45, 2.75) is 99.8 Å². The molecule has 2 atom stereocenters. The fourth-order valence-corrected chi connectivity index (χ4v) is 3.09. The molecule has 0 aliphatic heterocycles. The molecule has 0 saturated carbocycles. The molecule has 0 aromatic carbocycles. The largest absolute Gasteiger partial charge is 0.0651 e. The Morgan fingerprint density at radius 1 is 0.789 bits per heavy atom. The predicted molar refractivity (Wildman–Crippen MR) is 89.6 cm³/mol. The fourth-order valence-electron chi connectivity index (χ4n) is 3.09. The maximum Gasteiger partial charge on any atom is -0.0380 e. The Kier molecular flexibility index (Phi) is 9.83. The molecule has 0 aromatic rings. The van der Waals surface area contributed by atoms with Crippen molar-refractivity contribution in [3.05, 3.63) is 0 Å². The van der Waals surface area contributed by atoms with Crippen LogP contribution in [0.15, 0.2) is 0 Å². The third-order valence-corrected chi connectivity index (χ3v) is 4.27. The summed E-state index contributed by atoms with van der Waals surface area (Å²) < 4.78 is 0. The first-order valence-electron chi connectivity index (χ1n) is 8.74. The summed E-state index contributed by atoms with van der Waals surface area (Å²) in [5, 5.41) is 0. The van der Waals surface area contributed by atoms with Crippen LogP contribution in [0.5, 0.6) is 0 Å². The van der Waals surface area contributed by atoms with Crippen LogP contribution in [0, 0.1) is 23.2 Å². The zero-order valence-corrected chi connectivity index (χ0v) is 14.9. The highest BCUT2D eigenvalue weighted by Crippen LogP contribution is 2.30. The van der Waals surface area contributed by atoms with E-state index in [-0.39, 0.29) is 0 Å². The van der Waals surface area contributed by atoms with E-state index in [0.29, 0.717) is 5.41 Å². The van der Waals surface area contributed by atoms with Crippen LogP contribution in [-0.4, -0.2) is 0 Å². The average Bonchev–Trinajstić information content (AvgIpc) is 2.25. The van der Waals surface area contributed by atoms with Crippen molar-refractivity contribution in [1.29, 1.82) is 0 Å². The molecule has 0 rings (SSSR count). The second kappa shape index (κ2) is 9.83. The van der Waals surface area contributed by atoms with Gasteiger partial charge in [0.2, 0.25) is 0 Å². The molecular formula is C19H40. The van der Waals surface area contributed by atoms with Crippen molar-refractivity contribution in [1.82, 2.24) is 0 Å². The molecule has 2 unspecified atom stereocenters. The Balaban J connectivity index is 3.69. The van der Waals surface area contributed by atoms with Crippen LogP contribution >= 0.6 is 0 Å². The summed E-state index contributed by atoms with van der Waals surface area (Å²) in [7, 11) is 0. The van der Waals surface area contributed by atoms with Crippen LogP contribution in [0.1, 0.15) is 99.8 Å². The van der Waals surface area contributed by atoms with E-state index in [4.69, 9.17) is 0 Å². The molecule has 0 heteroatoms. The third kappa shape index (κ3) is 12.8. The highest BCUT2D eigenvalue weighted by Gasteiger charge is 2.17. The lowest BCUT2D eigenvalue weighted by molar-refractivity contribution is 0.266. The van der Waals surface area contributed by atoms with Gasteiger partial charge >= 0.3 is 0 Å². The van der Waals surface area contributed by atoms with E-state index in [1.165, 1.54) is 51.4 Å². The number of hydrogen-bond donors (Lipinski definition) is 0. The van der Waals surface area contributed by atoms with Crippen molar-refractivity contribution in [3.8, 4) is 0 Å². The zero-order chi connectivity index (χ0) is 14.9. The van der Waals surface area contributed by atoms with E-state index in [1.54, 1.807) is 0 Å². The van der Waals surface area contributed by atoms with Crippen molar-refractivity contribution < 1.29 is 0 Å². The van der Waals surface area contributed by atoms with E-state index in [2.05, 4.69) is 48.5 Å². The van der Waals surface area contributed by atoms with Crippen LogP contribution in [0.3, 0.4) is 0 Å². The second-order valence-corrected chi connectivity index (χ2v) is 8.40. The molecule has 0 aliphatic rings. The van der Waals surface area contributed by atoms with Gasteiger partial charge in [-0.05, 0) is 29.6 Å². The molecule has 0 amide bonds. The SMILES string of the molecule is CCC(CCCC(C)CCCC(C)C)CC(C)(C)C. The first-order chi connectivity index (χ1) is 8.74. The minimum atomic E-state index is 0.504. The van der Waals surface area contributed by atoms with Gasteiger partial charge in [0.1, 0.15) is 0 Å². The predicted octanol–water partition coefficient (Wildman–Crippen LogP) is 7.08. The van der Waals surface area contributed by atoms with Crippen molar-refractivity contribution in [2.75, 3.05) is 0 Å². The summed E-state index contributed by atoms with van der Waals surface area (Å²) in [6.07, 6.45) is 11.4. The molecule has 0 radical (unpaired) electrons. The summed E-state index contributed by atoms with van der Waals surface area (Å²) in [5.41, 5.74) is 0.504. The smallest absolute Gasteiger partial charge is 0.0380 e. The Morgan fingerprint density at radius 2 is 1.32 bits per heavy atom. The molecule has 116 valence electrons. The molecule has 0 heterocycles. The standard InChI is InChI=1S/C19H40/c1-8-18(15-19(5,6)7)14-10-13-17(4)12-9-11-16(2)3/h16-18H,8-15H2,1-7H3. The van der Waals surface area contributed by atoms with Crippen LogP contribution in [0.2, 0.25) is 0 Å². The third-order valence-electron chi connectivity index (χ3n) is 4.27. The monoisotopic (exact) mass is 268 g/mol. The Labute approximate surface area is 123 Å². The van der Waals surface area contributed by atoms with Crippen LogP contribution in [-0.2, 0) is 0 Å². The van der Waals surface area contributed by atoms with Gasteiger partial charge in [-0.2, -0.15) is 0 Å². The summed E-state index contributed by atoms with van der Waals surface area (Å²) in [6, 6.07) is 0. The van der Waals surface area contributed by atoms with Crippen LogP contribution in [0.4, 0.5) is 0 Å². The highest BCUT2D eigenvalue weighted by atomic mass is 14.2. The first-order valence-corrected chi connectivity index (χ1v) is 8.74. The van der Waals surface area contributed by atoms with E-state index < -0.39 is 0 Å². The average molecular weight is 269 g/mol. The molecule has 0 fully saturated rings. The Bertz CT molecular complexity index is 197. The van der Waals surface area contributed by atoms with Gasteiger partial charge in [-0.15, -0.1) is 0 Å². The molecule has 0 bridgehead atoms. The molecule has 0 nitrogen and oxygen atoms in total. The van der Waals surface area contributed by atoms with Crippen molar-refractivity contribution >= 4 is 0 Å². The minimum Gasteiger partial charge on any atom is -0.0651 e. The molecule has 0 aromatic heterocycles. The Morgan fingerprint density at radius 3 is 1.74 bits per heavy atom. The summed E-state index contributed by atoms with van der Waals surface area (Å²) in [6.45, 7) is 16.6. The topological polar surface area (TPSA) is 0 Å². The van der Waals surface area contributed by atoms with E-state index in [1.807, 2.05) is 0 Å². The van der Waals surface area contributed by atoms with E-state index >= 15 is 0 Å². The normalized spacial score (nSPS) is 15.8. The van der Waals surface area contributed by atoms with E-state index in [0.717, 1.165) is 17.8 Å². The summed E-state index contributed by atoms with van der Waals surface area (Å²) in [4.78, 5) is 0. The maximum atomic E-state index is 2.45. The molecular weight excluding hydrogens is 228 g/mol. The van der Waals surface area contributed by atoms with Gasteiger partial charge in [-0.1, -0.05) is 93.4 Å². The number of hydrogen-bond acceptors (Lipinski definition) is 0. The van der Waals surface area contributed by atoms with Gasteiger partial charge < -0.3 is 0 Å². The molecule has 0 N–H and O–H groups in total. The lowest BCUT2D eigenvalue weighted by atomic mass is 9.81. The quantitative estimate of drug-likeness (QED) is 0.397. The summed E-state index contributed by atoms with van der Waals surface area (Å²) in [5.74, 6) is 2.76.